The van der Waals surface area contributed by atoms with Crippen LogP contribution in [0, 0.1) is 25.7 Å². The lowest BCUT2D eigenvalue weighted by atomic mass is 9.73. The van der Waals surface area contributed by atoms with Gasteiger partial charge in [-0.1, -0.05) is 43.4 Å². The maximum absolute atomic E-state index is 14.4. The standard InChI is InChI=1S/C29H36N2O6/c1-4-28-12-7-5-6-8-17-36-27(35)23(28)22-25(33)31(15-16-32)24-26(34)30(14-9-13-29(22,24)37-28)21-18-19(2)10-11-20(21)3/h7,9-13,18,22-24,32H,4-6,8,14-17H2,1-3H3/b12-7-/t22-,23+,24?,28-,29-/m0/s1. The van der Waals surface area contributed by atoms with Crippen molar-refractivity contribution < 1.29 is 29.0 Å². The Balaban J connectivity index is 1.67. The van der Waals surface area contributed by atoms with E-state index in [1.165, 1.54) is 4.90 Å². The fourth-order valence-corrected chi connectivity index (χ4v) is 6.61. The minimum absolute atomic E-state index is 0.0257. The third-order valence-corrected chi connectivity index (χ3v) is 8.38. The third-order valence-electron chi connectivity index (χ3n) is 8.38. The van der Waals surface area contributed by atoms with Gasteiger partial charge in [-0.2, -0.15) is 0 Å². The van der Waals surface area contributed by atoms with Gasteiger partial charge in [0.05, 0.1) is 19.1 Å². The fraction of sp³-hybridized carbons (Fsp3) is 0.552. The topological polar surface area (TPSA) is 96.4 Å². The number of benzene rings is 1. The molecule has 4 aliphatic heterocycles. The van der Waals surface area contributed by atoms with E-state index < -0.39 is 35.0 Å². The largest absolute Gasteiger partial charge is 0.465 e. The molecule has 2 fully saturated rings. The number of nitrogens with zero attached hydrogens (tertiary/aromatic N) is 2. The number of aliphatic hydroxyl groups excluding tert-OH is 1. The van der Waals surface area contributed by atoms with Gasteiger partial charge in [0, 0.05) is 18.8 Å². The number of likely N-dealkylation sites (tertiary alicyclic amines) is 1. The second-order valence-corrected chi connectivity index (χ2v) is 10.6. The predicted molar refractivity (Wildman–Crippen MR) is 138 cm³/mol. The molecule has 5 rings (SSSR count). The number of allylic oxidation sites excluding steroid dienone is 1. The molecule has 8 heteroatoms. The molecule has 1 N–H and O–H groups in total. The van der Waals surface area contributed by atoms with Gasteiger partial charge in [0.2, 0.25) is 5.91 Å². The van der Waals surface area contributed by atoms with Crippen molar-refractivity contribution in [3.63, 3.8) is 0 Å². The molecule has 1 unspecified atom stereocenters. The summed E-state index contributed by atoms with van der Waals surface area (Å²) in [5.74, 6) is -2.93. The molecular formula is C29H36N2O6. The molecule has 1 aromatic rings. The van der Waals surface area contributed by atoms with Crippen molar-refractivity contribution in [2.45, 2.75) is 63.7 Å². The van der Waals surface area contributed by atoms with E-state index in [1.807, 2.05) is 63.3 Å². The van der Waals surface area contributed by atoms with Crippen LogP contribution in [0.25, 0.3) is 0 Å². The number of aryl methyl sites for hydroxylation is 2. The lowest BCUT2D eigenvalue weighted by Crippen LogP contribution is -2.56. The molecular weight excluding hydrogens is 472 g/mol. The van der Waals surface area contributed by atoms with Crippen LogP contribution >= 0.6 is 0 Å². The van der Waals surface area contributed by atoms with Gasteiger partial charge in [0.25, 0.3) is 5.91 Å². The van der Waals surface area contributed by atoms with Crippen molar-refractivity contribution >= 4 is 23.5 Å². The van der Waals surface area contributed by atoms with Crippen molar-refractivity contribution in [1.82, 2.24) is 4.90 Å². The van der Waals surface area contributed by atoms with Crippen LogP contribution in [0.15, 0.2) is 42.5 Å². The van der Waals surface area contributed by atoms with Gasteiger partial charge in [-0.25, -0.2) is 0 Å². The van der Waals surface area contributed by atoms with E-state index in [9.17, 15) is 19.5 Å². The number of cyclic esters (lactones) is 1. The molecule has 0 radical (unpaired) electrons. The number of carbonyl (C=O) groups is 3. The minimum Gasteiger partial charge on any atom is -0.465 e. The van der Waals surface area contributed by atoms with Crippen LogP contribution in [0.1, 0.15) is 43.7 Å². The molecule has 1 spiro atoms. The summed E-state index contributed by atoms with van der Waals surface area (Å²) in [7, 11) is 0. The van der Waals surface area contributed by atoms with Crippen LogP contribution in [0.3, 0.4) is 0 Å². The Kier molecular flexibility index (Phi) is 6.75. The Morgan fingerprint density at radius 3 is 2.62 bits per heavy atom. The fourth-order valence-electron chi connectivity index (χ4n) is 6.61. The van der Waals surface area contributed by atoms with Crippen molar-refractivity contribution in [3.05, 3.63) is 53.6 Å². The number of rotatable bonds is 4. The average molecular weight is 509 g/mol. The van der Waals surface area contributed by atoms with E-state index in [1.54, 1.807) is 4.90 Å². The first-order valence-electron chi connectivity index (χ1n) is 13.3. The first-order valence-corrected chi connectivity index (χ1v) is 13.3. The summed E-state index contributed by atoms with van der Waals surface area (Å²) in [6.45, 7) is 6.12. The highest BCUT2D eigenvalue weighted by atomic mass is 16.6. The smallest absolute Gasteiger partial charge is 0.313 e. The van der Waals surface area contributed by atoms with E-state index in [-0.39, 0.29) is 31.6 Å². The number of esters is 1. The van der Waals surface area contributed by atoms with Gasteiger partial charge in [-0.3, -0.25) is 14.4 Å². The monoisotopic (exact) mass is 508 g/mol. The van der Waals surface area contributed by atoms with Crippen LogP contribution in [-0.4, -0.2) is 71.3 Å². The second-order valence-electron chi connectivity index (χ2n) is 10.6. The Morgan fingerprint density at radius 1 is 1.05 bits per heavy atom. The zero-order chi connectivity index (χ0) is 26.4. The zero-order valence-corrected chi connectivity index (χ0v) is 21.8. The quantitative estimate of drug-likeness (QED) is 0.496. The number of hydrogen-bond acceptors (Lipinski definition) is 6. The van der Waals surface area contributed by atoms with E-state index in [2.05, 4.69) is 0 Å². The first-order chi connectivity index (χ1) is 17.8. The lowest BCUT2D eigenvalue weighted by Gasteiger charge is -2.38. The van der Waals surface area contributed by atoms with Crippen LogP contribution in [0.4, 0.5) is 5.69 Å². The lowest BCUT2D eigenvalue weighted by molar-refractivity contribution is -0.160. The highest BCUT2D eigenvalue weighted by Gasteiger charge is 2.75. The number of ether oxygens (including phenoxy) is 2. The highest BCUT2D eigenvalue weighted by molar-refractivity contribution is 6.06. The summed E-state index contributed by atoms with van der Waals surface area (Å²) in [6, 6.07) is 4.92. The highest BCUT2D eigenvalue weighted by Crippen LogP contribution is 2.58. The summed E-state index contributed by atoms with van der Waals surface area (Å²) in [5, 5.41) is 9.87. The van der Waals surface area contributed by atoms with E-state index in [0.717, 1.165) is 36.1 Å². The SMILES string of the molecule is CC[C@]12/C=C\CCCCOC(=O)[C@H]1[C@H]1C(=O)N(CCO)C3C(=O)N(c4cc(C)ccc4C)CC=C[C@@]31O2. The molecule has 37 heavy (non-hydrogen) atoms. The maximum Gasteiger partial charge on any atom is 0.313 e. The van der Waals surface area contributed by atoms with E-state index in [4.69, 9.17) is 9.47 Å². The number of amides is 2. The number of hydrogen-bond donors (Lipinski definition) is 1. The molecule has 198 valence electrons. The van der Waals surface area contributed by atoms with Gasteiger partial charge in [0.15, 0.2) is 0 Å². The van der Waals surface area contributed by atoms with Crippen LogP contribution in [0.5, 0.6) is 0 Å². The molecule has 5 atom stereocenters. The molecule has 8 nitrogen and oxygen atoms in total. The Bertz CT molecular complexity index is 1160. The van der Waals surface area contributed by atoms with Gasteiger partial charge in [-0.05, 0) is 56.7 Å². The van der Waals surface area contributed by atoms with E-state index in [0.29, 0.717) is 13.0 Å². The average Bonchev–Trinajstić information content (AvgIpc) is 3.23. The summed E-state index contributed by atoms with van der Waals surface area (Å²) in [4.78, 5) is 45.1. The van der Waals surface area contributed by atoms with Gasteiger partial charge >= 0.3 is 5.97 Å². The van der Waals surface area contributed by atoms with Crippen molar-refractivity contribution in [1.29, 1.82) is 0 Å². The molecule has 0 saturated carbocycles. The number of β-amino-alcohol motifs (C(OH)–C–C–N with tert-alkyl or cyclic N) is 1. The molecule has 4 aliphatic rings. The Labute approximate surface area is 217 Å². The number of aliphatic hydroxyl groups is 1. The first kappa shape index (κ1) is 25.7. The van der Waals surface area contributed by atoms with Gasteiger partial charge < -0.3 is 24.4 Å². The number of anilines is 1. The molecule has 1 aromatic carbocycles. The van der Waals surface area contributed by atoms with Crippen molar-refractivity contribution in [2.24, 2.45) is 11.8 Å². The van der Waals surface area contributed by atoms with Crippen molar-refractivity contribution in [2.75, 3.05) is 31.2 Å². The van der Waals surface area contributed by atoms with Crippen LogP contribution < -0.4 is 4.90 Å². The molecule has 2 saturated heterocycles. The summed E-state index contributed by atoms with van der Waals surface area (Å²) < 4.78 is 12.6. The van der Waals surface area contributed by atoms with Gasteiger partial charge in [-0.15, -0.1) is 0 Å². The maximum atomic E-state index is 14.4. The summed E-state index contributed by atoms with van der Waals surface area (Å²) in [6.07, 6.45) is 10.5. The van der Waals surface area contributed by atoms with E-state index >= 15 is 0 Å². The number of fused-ring (bicyclic) bond motifs is 2. The van der Waals surface area contributed by atoms with Crippen molar-refractivity contribution in [3.8, 4) is 0 Å². The van der Waals surface area contributed by atoms with Crippen LogP contribution in [-0.2, 0) is 23.9 Å². The normalized spacial score (nSPS) is 34.5. The third kappa shape index (κ3) is 3.92. The molecule has 0 bridgehead atoms. The van der Waals surface area contributed by atoms with Gasteiger partial charge in [0.1, 0.15) is 23.2 Å². The Morgan fingerprint density at radius 2 is 1.86 bits per heavy atom. The molecule has 4 heterocycles. The molecule has 0 aliphatic carbocycles. The van der Waals surface area contributed by atoms with Crippen LogP contribution in [0.2, 0.25) is 0 Å². The zero-order valence-electron chi connectivity index (χ0n) is 21.8. The number of carbonyl (C=O) groups excluding carboxylic acids is 3. The minimum atomic E-state index is -1.35. The summed E-state index contributed by atoms with van der Waals surface area (Å²) in [5.41, 5.74) is 0.305. The summed E-state index contributed by atoms with van der Waals surface area (Å²) >= 11 is 0. The molecule has 2 amide bonds. The second kappa shape index (κ2) is 9.72. The molecule has 0 aromatic heterocycles. The Hall–Kier alpha value is -2.97. The predicted octanol–water partition coefficient (Wildman–Crippen LogP) is 2.84.